The van der Waals surface area contributed by atoms with Gasteiger partial charge in [-0.1, -0.05) is 52.8 Å². The van der Waals surface area contributed by atoms with E-state index in [1.165, 1.54) is 11.3 Å². The standard InChI is InChI=1S/C19H32N2/c1-7-19(6)13-21(18(12-20-19)15(4)5)17-11-9-8-10-16(17)14(2)3/h8-11,14-15,18,20H,7,12-13H2,1-6H3. The fraction of sp³-hybridized carbons (Fsp3) is 0.684. The van der Waals surface area contributed by atoms with Gasteiger partial charge in [-0.2, -0.15) is 0 Å². The Balaban J connectivity index is 2.41. The number of nitrogens with zero attached hydrogens (tertiary/aromatic N) is 1. The molecular formula is C19H32N2. The number of hydrogen-bond donors (Lipinski definition) is 1. The van der Waals surface area contributed by atoms with Crippen molar-refractivity contribution < 1.29 is 0 Å². The van der Waals surface area contributed by atoms with Crippen LogP contribution in [0, 0.1) is 5.92 Å². The largest absolute Gasteiger partial charge is 0.365 e. The molecule has 2 atom stereocenters. The lowest BCUT2D eigenvalue weighted by Crippen LogP contribution is -2.64. The molecule has 1 aliphatic rings. The molecule has 0 aliphatic carbocycles. The van der Waals surface area contributed by atoms with Gasteiger partial charge in [-0.25, -0.2) is 0 Å². The molecule has 0 aromatic heterocycles. The van der Waals surface area contributed by atoms with Crippen molar-refractivity contribution in [3.63, 3.8) is 0 Å². The first kappa shape index (κ1) is 16.4. The van der Waals surface area contributed by atoms with E-state index in [0.717, 1.165) is 19.5 Å². The third-order valence-electron chi connectivity index (χ3n) is 5.08. The predicted molar refractivity (Wildman–Crippen MR) is 93.2 cm³/mol. The van der Waals surface area contributed by atoms with Crippen LogP contribution in [-0.2, 0) is 0 Å². The van der Waals surface area contributed by atoms with Gasteiger partial charge in [0.25, 0.3) is 0 Å². The third kappa shape index (κ3) is 3.42. The lowest BCUT2D eigenvalue weighted by atomic mass is 9.88. The molecule has 1 aromatic rings. The van der Waals surface area contributed by atoms with E-state index < -0.39 is 0 Å². The van der Waals surface area contributed by atoms with Gasteiger partial charge in [0.05, 0.1) is 0 Å². The first-order chi connectivity index (χ1) is 9.88. The fourth-order valence-corrected chi connectivity index (χ4v) is 3.34. The maximum atomic E-state index is 3.78. The van der Waals surface area contributed by atoms with E-state index in [2.05, 4.69) is 76.0 Å². The predicted octanol–water partition coefficient (Wildman–Crippen LogP) is 4.41. The highest BCUT2D eigenvalue weighted by molar-refractivity contribution is 5.56. The molecule has 0 spiro atoms. The summed E-state index contributed by atoms with van der Waals surface area (Å²) in [5.41, 5.74) is 3.13. The van der Waals surface area contributed by atoms with Crippen molar-refractivity contribution in [2.24, 2.45) is 5.92 Å². The van der Waals surface area contributed by atoms with Crippen molar-refractivity contribution in [2.45, 2.75) is 65.5 Å². The zero-order chi connectivity index (χ0) is 15.6. The van der Waals surface area contributed by atoms with Gasteiger partial charge in [-0.3, -0.25) is 0 Å². The van der Waals surface area contributed by atoms with Crippen LogP contribution in [0.15, 0.2) is 24.3 Å². The van der Waals surface area contributed by atoms with E-state index in [1.807, 2.05) is 0 Å². The molecular weight excluding hydrogens is 256 g/mol. The minimum atomic E-state index is 0.218. The van der Waals surface area contributed by atoms with Crippen LogP contribution in [0.1, 0.15) is 59.4 Å². The lowest BCUT2D eigenvalue weighted by Gasteiger charge is -2.49. The molecule has 21 heavy (non-hydrogen) atoms. The fourth-order valence-electron chi connectivity index (χ4n) is 3.34. The first-order valence-electron chi connectivity index (χ1n) is 8.48. The molecule has 2 unspecified atom stereocenters. The van der Waals surface area contributed by atoms with Gasteiger partial charge >= 0.3 is 0 Å². The summed E-state index contributed by atoms with van der Waals surface area (Å²) in [4.78, 5) is 2.67. The maximum absolute atomic E-state index is 3.78. The van der Waals surface area contributed by atoms with Crippen molar-refractivity contribution in [3.05, 3.63) is 29.8 Å². The summed E-state index contributed by atoms with van der Waals surface area (Å²) < 4.78 is 0. The van der Waals surface area contributed by atoms with Crippen molar-refractivity contribution >= 4 is 5.69 Å². The maximum Gasteiger partial charge on any atom is 0.0438 e. The second-order valence-electron chi connectivity index (χ2n) is 7.45. The SMILES string of the molecule is CCC1(C)CN(c2ccccc2C(C)C)C(C(C)C)CN1. The molecule has 1 saturated heterocycles. The van der Waals surface area contributed by atoms with Crippen molar-refractivity contribution in [3.8, 4) is 0 Å². The quantitative estimate of drug-likeness (QED) is 0.882. The number of nitrogens with one attached hydrogen (secondary N) is 1. The number of rotatable bonds is 4. The minimum Gasteiger partial charge on any atom is -0.365 e. The summed E-state index contributed by atoms with van der Waals surface area (Å²) in [5.74, 6) is 1.22. The van der Waals surface area contributed by atoms with Crippen LogP contribution in [0.25, 0.3) is 0 Å². The monoisotopic (exact) mass is 288 g/mol. The van der Waals surface area contributed by atoms with Crippen molar-refractivity contribution in [1.29, 1.82) is 0 Å². The molecule has 0 amide bonds. The molecule has 1 aliphatic heterocycles. The molecule has 118 valence electrons. The number of benzene rings is 1. The second-order valence-corrected chi connectivity index (χ2v) is 7.45. The Labute approximate surface area is 130 Å². The molecule has 2 heteroatoms. The Kier molecular flexibility index (Phi) is 4.98. The Hall–Kier alpha value is -1.02. The van der Waals surface area contributed by atoms with E-state index >= 15 is 0 Å². The van der Waals surface area contributed by atoms with Crippen LogP contribution in [0.4, 0.5) is 5.69 Å². The van der Waals surface area contributed by atoms with Gasteiger partial charge in [0.1, 0.15) is 0 Å². The highest BCUT2D eigenvalue weighted by atomic mass is 15.3. The van der Waals surface area contributed by atoms with Crippen LogP contribution in [0.3, 0.4) is 0 Å². The molecule has 2 nitrogen and oxygen atoms in total. The number of hydrogen-bond acceptors (Lipinski definition) is 2. The van der Waals surface area contributed by atoms with Crippen LogP contribution in [0.2, 0.25) is 0 Å². The third-order valence-corrected chi connectivity index (χ3v) is 5.08. The van der Waals surface area contributed by atoms with Crippen molar-refractivity contribution in [2.75, 3.05) is 18.0 Å². The molecule has 1 heterocycles. The number of piperazine rings is 1. The summed E-state index contributed by atoms with van der Waals surface area (Å²) in [5, 5.41) is 3.78. The molecule has 1 aromatic carbocycles. The van der Waals surface area contributed by atoms with Crippen LogP contribution in [-0.4, -0.2) is 24.7 Å². The van der Waals surface area contributed by atoms with E-state index in [1.54, 1.807) is 0 Å². The van der Waals surface area contributed by atoms with E-state index in [9.17, 15) is 0 Å². The molecule has 2 rings (SSSR count). The highest BCUT2D eigenvalue weighted by Crippen LogP contribution is 2.33. The Morgan fingerprint density at radius 3 is 2.48 bits per heavy atom. The molecule has 1 fully saturated rings. The first-order valence-corrected chi connectivity index (χ1v) is 8.48. The van der Waals surface area contributed by atoms with Gasteiger partial charge < -0.3 is 10.2 Å². The average molecular weight is 288 g/mol. The lowest BCUT2D eigenvalue weighted by molar-refractivity contribution is 0.252. The summed E-state index contributed by atoms with van der Waals surface area (Å²) in [6.45, 7) is 16.1. The second kappa shape index (κ2) is 6.39. The highest BCUT2D eigenvalue weighted by Gasteiger charge is 2.36. The summed E-state index contributed by atoms with van der Waals surface area (Å²) in [6, 6.07) is 9.54. The van der Waals surface area contributed by atoms with Crippen LogP contribution < -0.4 is 10.2 Å². The average Bonchev–Trinajstić information content (AvgIpc) is 2.46. The van der Waals surface area contributed by atoms with Gasteiger partial charge in [0, 0.05) is 30.4 Å². The zero-order valence-electron chi connectivity index (χ0n) is 14.6. The Bertz CT molecular complexity index is 466. The molecule has 0 saturated carbocycles. The van der Waals surface area contributed by atoms with E-state index in [0.29, 0.717) is 17.9 Å². The van der Waals surface area contributed by atoms with Gasteiger partial charge in [0.15, 0.2) is 0 Å². The molecule has 0 radical (unpaired) electrons. The summed E-state index contributed by atoms with van der Waals surface area (Å²) >= 11 is 0. The normalized spacial score (nSPS) is 26.7. The minimum absolute atomic E-state index is 0.218. The van der Waals surface area contributed by atoms with Gasteiger partial charge in [-0.05, 0) is 36.8 Å². The van der Waals surface area contributed by atoms with Crippen LogP contribution >= 0.6 is 0 Å². The van der Waals surface area contributed by atoms with E-state index in [-0.39, 0.29) is 5.54 Å². The molecule has 0 bridgehead atoms. The van der Waals surface area contributed by atoms with Gasteiger partial charge in [-0.15, -0.1) is 0 Å². The Morgan fingerprint density at radius 2 is 1.90 bits per heavy atom. The van der Waals surface area contributed by atoms with Crippen molar-refractivity contribution in [1.82, 2.24) is 5.32 Å². The van der Waals surface area contributed by atoms with Crippen LogP contribution in [0.5, 0.6) is 0 Å². The smallest absolute Gasteiger partial charge is 0.0438 e. The number of anilines is 1. The Morgan fingerprint density at radius 1 is 1.24 bits per heavy atom. The molecule has 1 N–H and O–H groups in total. The van der Waals surface area contributed by atoms with Gasteiger partial charge in [0.2, 0.25) is 0 Å². The van der Waals surface area contributed by atoms with E-state index in [4.69, 9.17) is 0 Å². The summed E-state index contributed by atoms with van der Waals surface area (Å²) in [7, 11) is 0. The number of para-hydroxylation sites is 1. The summed E-state index contributed by atoms with van der Waals surface area (Å²) in [6.07, 6.45) is 1.16. The zero-order valence-corrected chi connectivity index (χ0v) is 14.6. The topological polar surface area (TPSA) is 15.3 Å².